The van der Waals surface area contributed by atoms with Gasteiger partial charge in [-0.2, -0.15) is 0 Å². The molecule has 0 aliphatic carbocycles. The molecule has 9 heteroatoms. The molecule has 0 spiro atoms. The third-order valence-corrected chi connectivity index (χ3v) is 2.58. The van der Waals surface area contributed by atoms with Crippen LogP contribution < -0.4 is 22.9 Å². The summed E-state index contributed by atoms with van der Waals surface area (Å²) in [7, 11) is 0. The van der Waals surface area contributed by atoms with Crippen LogP contribution in [-0.4, -0.2) is 46.7 Å². The number of carbonyl (C=O) groups is 2. The molecule has 0 aromatic heterocycles. The van der Waals surface area contributed by atoms with Crippen LogP contribution in [0.4, 0.5) is 0 Å². The lowest BCUT2D eigenvalue weighted by Crippen LogP contribution is -2.31. The molecule has 0 saturated heterocycles. The molecule has 22 heavy (non-hydrogen) atoms. The van der Waals surface area contributed by atoms with Crippen LogP contribution in [0.5, 0.6) is 0 Å². The lowest BCUT2D eigenvalue weighted by molar-refractivity contribution is -0.139. The number of carboxylic acids is 2. The van der Waals surface area contributed by atoms with E-state index in [0.717, 1.165) is 6.42 Å². The zero-order chi connectivity index (χ0) is 17.7. The van der Waals surface area contributed by atoms with Gasteiger partial charge in [0.25, 0.3) is 0 Å². The number of rotatable bonds is 9. The molecule has 0 radical (unpaired) electrons. The van der Waals surface area contributed by atoms with E-state index in [0.29, 0.717) is 31.7 Å². The third kappa shape index (κ3) is 16.2. The first kappa shape index (κ1) is 22.4. The second-order valence-corrected chi connectivity index (χ2v) is 5.32. The zero-order valence-corrected chi connectivity index (χ0v) is 13.2. The number of hydrogen-bond donors (Lipinski definition) is 6. The molecule has 130 valence electrons. The fourth-order valence-corrected chi connectivity index (χ4v) is 1.42. The number of carboxylic acid groups (broad SMARTS) is 2. The van der Waals surface area contributed by atoms with E-state index in [1.54, 1.807) is 0 Å². The van der Waals surface area contributed by atoms with Crippen LogP contribution in [0.25, 0.3) is 0 Å². The molecule has 10 N–H and O–H groups in total. The Hall–Kier alpha value is -1.87. The van der Waals surface area contributed by atoms with Crippen molar-refractivity contribution in [2.45, 2.75) is 51.6 Å². The Bertz CT molecular complexity index is 356. The van der Waals surface area contributed by atoms with Crippen LogP contribution in [0.15, 0.2) is 4.99 Å². The Labute approximate surface area is 130 Å². The molecule has 0 fully saturated rings. The van der Waals surface area contributed by atoms with Gasteiger partial charge in [0, 0.05) is 6.54 Å². The molecule has 9 nitrogen and oxygen atoms in total. The summed E-state index contributed by atoms with van der Waals surface area (Å²) in [5, 5.41) is 16.7. The topological polar surface area (TPSA) is 191 Å². The lowest BCUT2D eigenvalue weighted by atomic mass is 10.1. The number of nitrogens with zero attached hydrogens (tertiary/aromatic N) is 1. The molecule has 0 aliphatic heterocycles. The van der Waals surface area contributed by atoms with E-state index in [-0.39, 0.29) is 5.96 Å². The summed E-state index contributed by atoms with van der Waals surface area (Å²) in [4.78, 5) is 24.1. The number of hydrogen-bond acceptors (Lipinski definition) is 5. The summed E-state index contributed by atoms with van der Waals surface area (Å²) in [5.74, 6) is -1.47. The monoisotopic (exact) mass is 319 g/mol. The molecule has 0 amide bonds. The van der Waals surface area contributed by atoms with E-state index >= 15 is 0 Å². The second-order valence-electron chi connectivity index (χ2n) is 5.32. The first-order valence-corrected chi connectivity index (χ1v) is 7.10. The van der Waals surface area contributed by atoms with Gasteiger partial charge >= 0.3 is 11.9 Å². The van der Waals surface area contributed by atoms with Crippen molar-refractivity contribution < 1.29 is 19.8 Å². The Morgan fingerprint density at radius 1 is 1.00 bits per heavy atom. The molecule has 0 heterocycles. The fourth-order valence-electron chi connectivity index (χ4n) is 1.42. The number of guanidine groups is 1. The first-order valence-electron chi connectivity index (χ1n) is 7.10. The molecule has 0 aromatic carbocycles. The van der Waals surface area contributed by atoms with Crippen molar-refractivity contribution in [1.82, 2.24) is 0 Å². The van der Waals surface area contributed by atoms with E-state index in [2.05, 4.69) is 4.99 Å². The summed E-state index contributed by atoms with van der Waals surface area (Å²) < 4.78 is 0. The average Bonchev–Trinajstić information content (AvgIpc) is 2.37. The van der Waals surface area contributed by atoms with Gasteiger partial charge in [0.2, 0.25) is 0 Å². The highest BCUT2D eigenvalue weighted by molar-refractivity contribution is 5.75. The van der Waals surface area contributed by atoms with Gasteiger partial charge < -0.3 is 33.1 Å². The van der Waals surface area contributed by atoms with E-state index in [4.69, 9.17) is 33.1 Å². The standard InChI is InChI=1S/C7H16N4O2.C6H13NO2/c8-5(6(12)13)3-1-2-4-11-7(9)10;1-4(2)3-5(7)6(8)9/h5H,1-4,8H2,(H,12,13)(H4,9,10,11);4-5H,3,7H2,1-2H3,(H,8,9)/t2*5-/m10/s1. The average molecular weight is 319 g/mol. The first-order chi connectivity index (χ1) is 10.1. The maximum Gasteiger partial charge on any atom is 0.320 e. The smallest absolute Gasteiger partial charge is 0.320 e. The zero-order valence-electron chi connectivity index (χ0n) is 13.2. The normalized spacial score (nSPS) is 12.8. The molecular formula is C13H29N5O4. The van der Waals surface area contributed by atoms with Crippen molar-refractivity contribution in [2.75, 3.05) is 6.54 Å². The number of aliphatic carboxylic acids is 2. The number of unbranched alkanes of at least 4 members (excludes halogenated alkanes) is 1. The maximum atomic E-state index is 10.3. The van der Waals surface area contributed by atoms with Crippen LogP contribution >= 0.6 is 0 Å². The van der Waals surface area contributed by atoms with Crippen LogP contribution in [0.2, 0.25) is 0 Å². The van der Waals surface area contributed by atoms with E-state index < -0.39 is 24.0 Å². The molecular weight excluding hydrogens is 290 g/mol. The predicted molar refractivity (Wildman–Crippen MR) is 85.2 cm³/mol. The second kappa shape index (κ2) is 12.8. The van der Waals surface area contributed by atoms with Gasteiger partial charge in [-0.25, -0.2) is 0 Å². The molecule has 0 bridgehead atoms. The summed E-state index contributed by atoms with van der Waals surface area (Å²) in [6.45, 7) is 4.42. The van der Waals surface area contributed by atoms with Gasteiger partial charge in [-0.15, -0.1) is 0 Å². The number of aliphatic imine (C=N–C) groups is 1. The highest BCUT2D eigenvalue weighted by Crippen LogP contribution is 2.01. The molecule has 0 unspecified atom stereocenters. The van der Waals surface area contributed by atoms with E-state index in [1.807, 2.05) is 13.8 Å². The summed E-state index contributed by atoms with van der Waals surface area (Å²) in [6, 6.07) is -1.47. The Kier molecular flexibility index (Phi) is 13.1. The van der Waals surface area contributed by atoms with Crippen molar-refractivity contribution in [3.63, 3.8) is 0 Å². The van der Waals surface area contributed by atoms with Gasteiger partial charge in [-0.1, -0.05) is 13.8 Å². The highest BCUT2D eigenvalue weighted by atomic mass is 16.4. The quantitative estimate of drug-likeness (QED) is 0.182. The van der Waals surface area contributed by atoms with Crippen molar-refractivity contribution in [3.05, 3.63) is 0 Å². The largest absolute Gasteiger partial charge is 0.480 e. The predicted octanol–water partition coefficient (Wildman–Crippen LogP) is -0.714. The van der Waals surface area contributed by atoms with E-state index in [1.165, 1.54) is 0 Å². The summed E-state index contributed by atoms with van der Waals surface area (Å²) >= 11 is 0. The Balaban J connectivity index is 0. The minimum Gasteiger partial charge on any atom is -0.480 e. The van der Waals surface area contributed by atoms with Crippen LogP contribution in [-0.2, 0) is 9.59 Å². The van der Waals surface area contributed by atoms with Crippen molar-refractivity contribution >= 4 is 17.9 Å². The molecule has 0 saturated carbocycles. The minimum atomic E-state index is -0.971. The Morgan fingerprint density at radius 2 is 1.50 bits per heavy atom. The van der Waals surface area contributed by atoms with Gasteiger partial charge in [0.05, 0.1) is 0 Å². The fraction of sp³-hybridized carbons (Fsp3) is 0.769. The molecule has 2 atom stereocenters. The van der Waals surface area contributed by atoms with Crippen LogP contribution in [0.3, 0.4) is 0 Å². The van der Waals surface area contributed by atoms with Gasteiger partial charge in [0.15, 0.2) is 5.96 Å². The van der Waals surface area contributed by atoms with Crippen LogP contribution in [0, 0.1) is 5.92 Å². The molecule has 0 aliphatic rings. The van der Waals surface area contributed by atoms with Crippen molar-refractivity contribution in [3.8, 4) is 0 Å². The minimum absolute atomic E-state index is 0.0579. The highest BCUT2D eigenvalue weighted by Gasteiger charge is 2.12. The van der Waals surface area contributed by atoms with Gasteiger partial charge in [-0.3, -0.25) is 14.6 Å². The maximum absolute atomic E-state index is 10.3. The third-order valence-electron chi connectivity index (χ3n) is 2.58. The van der Waals surface area contributed by atoms with Crippen molar-refractivity contribution in [2.24, 2.45) is 33.8 Å². The summed E-state index contributed by atoms with van der Waals surface area (Å²) in [6.07, 6.45) is 2.47. The summed E-state index contributed by atoms with van der Waals surface area (Å²) in [5.41, 5.74) is 20.7. The van der Waals surface area contributed by atoms with Gasteiger partial charge in [0.1, 0.15) is 12.1 Å². The molecule has 0 rings (SSSR count). The molecule has 0 aromatic rings. The SMILES string of the molecule is CC(C)C[C@H](N)C(=O)O.NC(N)=NCCCC[C@@H](N)C(=O)O. The van der Waals surface area contributed by atoms with E-state index in [9.17, 15) is 9.59 Å². The number of nitrogens with two attached hydrogens (primary N) is 4. The lowest BCUT2D eigenvalue weighted by Gasteiger charge is -2.07. The Morgan fingerprint density at radius 3 is 1.82 bits per heavy atom. The van der Waals surface area contributed by atoms with Crippen molar-refractivity contribution in [1.29, 1.82) is 0 Å². The van der Waals surface area contributed by atoms with Gasteiger partial charge in [-0.05, 0) is 31.6 Å². The van der Waals surface area contributed by atoms with Crippen LogP contribution in [0.1, 0.15) is 39.5 Å².